The maximum atomic E-state index is 12.8. The Kier molecular flexibility index (Phi) is 3.96. The Balaban J connectivity index is 2.04. The molecule has 0 spiro atoms. The standard InChI is InChI=1S/C17H19ClN2O2/c1-11-5-7-19(8-6-11)17(22)15-10-20(12(2)21)16-4-3-13(18)9-14(15)16/h3-4,9-11H,5-8H2,1-2H3. The number of benzene rings is 1. The van der Waals surface area contributed by atoms with Crippen LogP contribution in [0.4, 0.5) is 0 Å². The number of nitrogens with zero attached hydrogens (tertiary/aromatic N) is 2. The number of amides is 1. The van der Waals surface area contributed by atoms with Crippen LogP contribution in [0.2, 0.25) is 5.02 Å². The number of hydrogen-bond donors (Lipinski definition) is 0. The van der Waals surface area contributed by atoms with Crippen LogP contribution in [0.15, 0.2) is 24.4 Å². The maximum Gasteiger partial charge on any atom is 0.256 e. The number of hydrogen-bond acceptors (Lipinski definition) is 2. The fraction of sp³-hybridized carbons (Fsp3) is 0.412. The molecule has 0 radical (unpaired) electrons. The molecular formula is C17H19ClN2O2. The SMILES string of the molecule is CC(=O)n1cc(C(=O)N2CCC(C)CC2)c2cc(Cl)ccc21. The monoisotopic (exact) mass is 318 g/mol. The number of carbonyl (C=O) groups is 2. The molecule has 0 N–H and O–H groups in total. The van der Waals surface area contributed by atoms with Crippen molar-refractivity contribution in [1.82, 2.24) is 9.47 Å². The van der Waals surface area contributed by atoms with Gasteiger partial charge >= 0.3 is 0 Å². The smallest absolute Gasteiger partial charge is 0.256 e. The number of piperidine rings is 1. The van der Waals surface area contributed by atoms with Gasteiger partial charge in [0, 0.05) is 36.6 Å². The van der Waals surface area contributed by atoms with Crippen molar-refractivity contribution in [3.05, 3.63) is 35.0 Å². The van der Waals surface area contributed by atoms with Crippen LogP contribution in [-0.2, 0) is 0 Å². The highest BCUT2D eigenvalue weighted by Crippen LogP contribution is 2.27. The van der Waals surface area contributed by atoms with Crippen molar-refractivity contribution in [2.45, 2.75) is 26.7 Å². The molecule has 1 aromatic heterocycles. The Morgan fingerprint density at radius 3 is 2.55 bits per heavy atom. The van der Waals surface area contributed by atoms with E-state index in [1.807, 2.05) is 4.90 Å². The Labute approximate surface area is 134 Å². The number of rotatable bonds is 1. The topological polar surface area (TPSA) is 42.3 Å². The molecule has 1 aliphatic rings. The minimum atomic E-state index is -0.112. The third-order valence-electron chi connectivity index (χ3n) is 4.41. The summed E-state index contributed by atoms with van der Waals surface area (Å²) in [4.78, 5) is 26.5. The van der Waals surface area contributed by atoms with Crippen molar-refractivity contribution in [2.24, 2.45) is 5.92 Å². The molecule has 3 rings (SSSR count). The Hall–Kier alpha value is -1.81. The summed E-state index contributed by atoms with van der Waals surface area (Å²) < 4.78 is 1.52. The number of likely N-dealkylation sites (tertiary alicyclic amines) is 1. The molecule has 2 heterocycles. The zero-order valence-corrected chi connectivity index (χ0v) is 13.6. The van der Waals surface area contributed by atoms with Crippen molar-refractivity contribution < 1.29 is 9.59 Å². The van der Waals surface area contributed by atoms with E-state index in [4.69, 9.17) is 11.6 Å². The van der Waals surface area contributed by atoms with Gasteiger partial charge in [0.1, 0.15) is 0 Å². The van der Waals surface area contributed by atoms with Crippen molar-refractivity contribution in [3.8, 4) is 0 Å². The van der Waals surface area contributed by atoms with Crippen molar-refractivity contribution in [3.63, 3.8) is 0 Å². The van der Waals surface area contributed by atoms with Gasteiger partial charge in [0.2, 0.25) is 5.91 Å². The summed E-state index contributed by atoms with van der Waals surface area (Å²) >= 11 is 6.07. The summed E-state index contributed by atoms with van der Waals surface area (Å²) in [6.45, 7) is 5.24. The van der Waals surface area contributed by atoms with Gasteiger partial charge in [0.15, 0.2) is 0 Å². The first-order valence-corrected chi connectivity index (χ1v) is 7.96. The molecule has 5 heteroatoms. The average molecular weight is 319 g/mol. The molecule has 1 saturated heterocycles. The highest BCUT2D eigenvalue weighted by Gasteiger charge is 2.25. The quantitative estimate of drug-likeness (QED) is 0.802. The van der Waals surface area contributed by atoms with Crippen LogP contribution in [0, 0.1) is 5.92 Å². The van der Waals surface area contributed by atoms with Crippen molar-refractivity contribution >= 4 is 34.3 Å². The van der Waals surface area contributed by atoms with Crippen LogP contribution in [0.25, 0.3) is 10.9 Å². The first kappa shape index (κ1) is 15.1. The predicted molar refractivity (Wildman–Crippen MR) is 87.6 cm³/mol. The second-order valence-corrected chi connectivity index (χ2v) is 6.50. The van der Waals surface area contributed by atoms with Gasteiger partial charge in [-0.2, -0.15) is 0 Å². The minimum absolute atomic E-state index is 0.0147. The molecular weight excluding hydrogens is 300 g/mol. The molecule has 0 saturated carbocycles. The summed E-state index contributed by atoms with van der Waals surface area (Å²) in [5.41, 5.74) is 1.29. The fourth-order valence-electron chi connectivity index (χ4n) is 3.02. The molecule has 0 atom stereocenters. The summed E-state index contributed by atoms with van der Waals surface area (Å²) in [5, 5.41) is 1.31. The van der Waals surface area contributed by atoms with Gasteiger partial charge in [0.25, 0.3) is 5.91 Å². The Bertz CT molecular complexity index is 742. The summed E-state index contributed by atoms with van der Waals surface area (Å²) in [6, 6.07) is 5.28. The number of aromatic nitrogens is 1. The lowest BCUT2D eigenvalue weighted by atomic mass is 9.98. The molecule has 0 unspecified atom stereocenters. The lowest BCUT2D eigenvalue weighted by molar-refractivity contribution is 0.0699. The van der Waals surface area contributed by atoms with Gasteiger partial charge in [-0.25, -0.2) is 0 Å². The van der Waals surface area contributed by atoms with Gasteiger partial charge in [-0.15, -0.1) is 0 Å². The lowest BCUT2D eigenvalue weighted by Crippen LogP contribution is -2.37. The Morgan fingerprint density at radius 2 is 1.91 bits per heavy atom. The lowest BCUT2D eigenvalue weighted by Gasteiger charge is -2.30. The first-order chi connectivity index (χ1) is 10.5. The largest absolute Gasteiger partial charge is 0.339 e. The first-order valence-electron chi connectivity index (χ1n) is 7.58. The molecule has 0 bridgehead atoms. The van der Waals surface area contributed by atoms with E-state index in [0.717, 1.165) is 36.8 Å². The van der Waals surface area contributed by atoms with Gasteiger partial charge in [-0.3, -0.25) is 14.2 Å². The second kappa shape index (κ2) is 5.76. The number of halogens is 1. The third kappa shape index (κ3) is 2.63. The molecule has 22 heavy (non-hydrogen) atoms. The van der Waals surface area contributed by atoms with Crippen molar-refractivity contribution in [1.29, 1.82) is 0 Å². The van der Waals surface area contributed by atoms with Crippen LogP contribution in [-0.4, -0.2) is 34.4 Å². The molecule has 2 aromatic rings. The zero-order valence-electron chi connectivity index (χ0n) is 12.8. The van der Waals surface area contributed by atoms with E-state index in [2.05, 4.69) is 6.92 Å². The average Bonchev–Trinajstić information content (AvgIpc) is 2.86. The molecule has 116 valence electrons. The van der Waals surface area contributed by atoms with E-state index in [1.54, 1.807) is 24.4 Å². The van der Waals surface area contributed by atoms with Crippen LogP contribution >= 0.6 is 11.6 Å². The summed E-state index contributed by atoms with van der Waals surface area (Å²) in [5.74, 6) is 0.537. The number of carbonyl (C=O) groups excluding carboxylic acids is 2. The second-order valence-electron chi connectivity index (χ2n) is 6.07. The van der Waals surface area contributed by atoms with E-state index >= 15 is 0 Å². The molecule has 4 nitrogen and oxygen atoms in total. The Morgan fingerprint density at radius 1 is 1.23 bits per heavy atom. The van der Waals surface area contributed by atoms with Crippen LogP contribution < -0.4 is 0 Å². The van der Waals surface area contributed by atoms with Gasteiger partial charge in [0.05, 0.1) is 11.1 Å². The highest BCUT2D eigenvalue weighted by atomic mass is 35.5. The molecule has 1 aromatic carbocycles. The zero-order chi connectivity index (χ0) is 15.9. The number of fused-ring (bicyclic) bond motifs is 1. The molecule has 1 fully saturated rings. The normalized spacial score (nSPS) is 16.2. The van der Waals surface area contributed by atoms with E-state index < -0.39 is 0 Å². The fourth-order valence-corrected chi connectivity index (χ4v) is 3.19. The third-order valence-corrected chi connectivity index (χ3v) is 4.64. The molecule has 1 amide bonds. The summed E-state index contributed by atoms with van der Waals surface area (Å²) in [7, 11) is 0. The highest BCUT2D eigenvalue weighted by molar-refractivity contribution is 6.31. The van der Waals surface area contributed by atoms with Gasteiger partial charge in [-0.05, 0) is 37.0 Å². The van der Waals surface area contributed by atoms with Crippen molar-refractivity contribution in [2.75, 3.05) is 13.1 Å². The van der Waals surface area contributed by atoms with E-state index in [9.17, 15) is 9.59 Å². The molecule has 1 aliphatic heterocycles. The predicted octanol–water partition coefficient (Wildman–Crippen LogP) is 3.83. The van der Waals surface area contributed by atoms with Crippen LogP contribution in [0.1, 0.15) is 41.8 Å². The maximum absolute atomic E-state index is 12.8. The van der Waals surface area contributed by atoms with E-state index in [-0.39, 0.29) is 11.8 Å². The minimum Gasteiger partial charge on any atom is -0.339 e. The van der Waals surface area contributed by atoms with Crippen LogP contribution in [0.3, 0.4) is 0 Å². The summed E-state index contributed by atoms with van der Waals surface area (Å²) in [6.07, 6.45) is 3.69. The molecule has 0 aliphatic carbocycles. The van der Waals surface area contributed by atoms with Gasteiger partial charge < -0.3 is 4.90 Å². The van der Waals surface area contributed by atoms with Gasteiger partial charge in [-0.1, -0.05) is 18.5 Å². The van der Waals surface area contributed by atoms with E-state index in [0.29, 0.717) is 16.5 Å². The van der Waals surface area contributed by atoms with E-state index in [1.165, 1.54) is 11.5 Å². The van der Waals surface area contributed by atoms with Crippen LogP contribution in [0.5, 0.6) is 0 Å².